The fourth-order valence-corrected chi connectivity index (χ4v) is 6.23. The van der Waals surface area contributed by atoms with Crippen molar-refractivity contribution in [2.45, 2.75) is 59.8 Å². The number of imide groups is 1. The first-order chi connectivity index (χ1) is 22.1. The Hall–Kier alpha value is -4.71. The summed E-state index contributed by atoms with van der Waals surface area (Å²) in [5, 5.41) is 0. The second-order valence-corrected chi connectivity index (χ2v) is 12.8. The minimum atomic E-state index is -0.416. The number of nitrogens with zero attached hydrogens (tertiary/aromatic N) is 2. The number of rotatable bonds is 11. The lowest BCUT2D eigenvalue weighted by Crippen LogP contribution is -2.31. The molecule has 4 aromatic carbocycles. The molecule has 0 fully saturated rings. The zero-order valence-electron chi connectivity index (χ0n) is 27.9. The van der Waals surface area contributed by atoms with E-state index in [2.05, 4.69) is 88.9 Å². The third-order valence-corrected chi connectivity index (χ3v) is 8.77. The third-order valence-electron chi connectivity index (χ3n) is 8.77. The number of amides is 2. The maximum absolute atomic E-state index is 13.0. The van der Waals surface area contributed by atoms with E-state index >= 15 is 0 Å². The highest BCUT2D eigenvalue weighted by atomic mass is 16.5. The number of hydrogen-bond donors (Lipinski definition) is 0. The van der Waals surface area contributed by atoms with Gasteiger partial charge in [-0.1, -0.05) is 70.2 Å². The molecule has 0 N–H and O–H groups in total. The summed E-state index contributed by atoms with van der Waals surface area (Å²) in [6.45, 7) is 15.5. The van der Waals surface area contributed by atoms with Crippen molar-refractivity contribution < 1.29 is 19.1 Å². The van der Waals surface area contributed by atoms with Crippen LogP contribution in [0.15, 0.2) is 84.9 Å². The van der Waals surface area contributed by atoms with Crippen molar-refractivity contribution >= 4 is 23.5 Å². The van der Waals surface area contributed by atoms with E-state index in [1.807, 2.05) is 18.2 Å². The van der Waals surface area contributed by atoms with Crippen molar-refractivity contribution in [1.29, 1.82) is 0 Å². The van der Waals surface area contributed by atoms with Crippen molar-refractivity contribution in [2.75, 3.05) is 31.1 Å². The standard InChI is InChI=1S/C40H44N2O4/c1-7-27-24-31(39(45)46-23-13-22-42-37(43)33-16-10-11-17-34(33)38(42)44)18-20-32(27)30-15-12-14-28(25-30)29-19-21-36(41(8-2)9-3)35(26-29)40(4,5)6/h10-12,14-21,24-26H,7-9,13,22-23H2,1-6H3. The van der Waals surface area contributed by atoms with E-state index in [0.717, 1.165) is 41.8 Å². The van der Waals surface area contributed by atoms with Crippen LogP contribution in [-0.4, -0.2) is 48.9 Å². The van der Waals surface area contributed by atoms with E-state index in [-0.39, 0.29) is 30.4 Å². The molecule has 0 saturated carbocycles. The number of aryl methyl sites for hydroxylation is 1. The van der Waals surface area contributed by atoms with Crippen LogP contribution in [-0.2, 0) is 16.6 Å². The van der Waals surface area contributed by atoms with Gasteiger partial charge in [0.2, 0.25) is 0 Å². The Morgan fingerprint density at radius 2 is 1.39 bits per heavy atom. The molecule has 0 unspecified atom stereocenters. The summed E-state index contributed by atoms with van der Waals surface area (Å²) in [7, 11) is 0. The molecule has 2 amide bonds. The number of fused-ring (bicyclic) bond motifs is 1. The maximum Gasteiger partial charge on any atom is 0.338 e. The average Bonchev–Trinajstić information content (AvgIpc) is 3.31. The molecule has 1 aliphatic heterocycles. The van der Waals surface area contributed by atoms with Gasteiger partial charge in [0.15, 0.2) is 0 Å². The van der Waals surface area contributed by atoms with Gasteiger partial charge < -0.3 is 9.64 Å². The number of carbonyl (C=O) groups excluding carboxylic acids is 3. The zero-order valence-corrected chi connectivity index (χ0v) is 27.9. The van der Waals surface area contributed by atoms with Crippen LogP contribution < -0.4 is 4.90 Å². The lowest BCUT2D eigenvalue weighted by atomic mass is 9.83. The van der Waals surface area contributed by atoms with E-state index in [1.165, 1.54) is 21.7 Å². The summed E-state index contributed by atoms with van der Waals surface area (Å²) >= 11 is 0. The van der Waals surface area contributed by atoms with Gasteiger partial charge in [-0.25, -0.2) is 4.79 Å². The normalized spacial score (nSPS) is 12.8. The summed E-state index contributed by atoms with van der Waals surface area (Å²) in [6.07, 6.45) is 1.13. The van der Waals surface area contributed by atoms with Crippen LogP contribution in [0.4, 0.5) is 5.69 Å². The second kappa shape index (κ2) is 13.7. The van der Waals surface area contributed by atoms with Crippen LogP contribution in [0.5, 0.6) is 0 Å². The topological polar surface area (TPSA) is 66.9 Å². The molecule has 5 rings (SSSR count). The summed E-state index contributed by atoms with van der Waals surface area (Å²) in [5.74, 6) is -1.02. The van der Waals surface area contributed by atoms with Crippen molar-refractivity contribution in [2.24, 2.45) is 0 Å². The van der Waals surface area contributed by atoms with Crippen molar-refractivity contribution in [3.05, 3.63) is 113 Å². The van der Waals surface area contributed by atoms with E-state index < -0.39 is 5.97 Å². The first-order valence-electron chi connectivity index (χ1n) is 16.3. The van der Waals surface area contributed by atoms with Gasteiger partial charge in [0.05, 0.1) is 23.3 Å². The number of ether oxygens (including phenoxy) is 1. The van der Waals surface area contributed by atoms with Gasteiger partial charge in [0.1, 0.15) is 0 Å². The molecule has 0 aromatic heterocycles. The first kappa shape index (κ1) is 32.7. The van der Waals surface area contributed by atoms with E-state index in [4.69, 9.17) is 4.74 Å². The first-order valence-corrected chi connectivity index (χ1v) is 16.3. The average molecular weight is 617 g/mol. The van der Waals surface area contributed by atoms with Gasteiger partial charge in [0, 0.05) is 25.3 Å². The highest BCUT2D eigenvalue weighted by molar-refractivity contribution is 6.21. The van der Waals surface area contributed by atoms with Crippen LogP contribution >= 0.6 is 0 Å². The molecule has 0 radical (unpaired) electrons. The minimum Gasteiger partial charge on any atom is -0.462 e. The summed E-state index contributed by atoms with van der Waals surface area (Å²) in [6, 6.07) is 27.9. The Kier molecular flexibility index (Phi) is 9.76. The largest absolute Gasteiger partial charge is 0.462 e. The van der Waals surface area contributed by atoms with Gasteiger partial charge in [-0.3, -0.25) is 14.5 Å². The van der Waals surface area contributed by atoms with Gasteiger partial charge in [0.25, 0.3) is 11.8 Å². The minimum absolute atomic E-state index is 0.000251. The van der Waals surface area contributed by atoms with E-state index in [0.29, 0.717) is 23.1 Å². The van der Waals surface area contributed by atoms with Crippen LogP contribution in [0.3, 0.4) is 0 Å². The molecular formula is C40H44N2O4. The SMILES string of the molecule is CCc1cc(C(=O)OCCCN2C(=O)c3ccccc3C2=O)ccc1-c1cccc(-c2ccc(N(CC)CC)c(C(C)(C)C)c2)c1. The second-order valence-electron chi connectivity index (χ2n) is 12.8. The molecule has 0 spiro atoms. The van der Waals surface area contributed by atoms with Crippen LogP contribution in [0.2, 0.25) is 0 Å². The van der Waals surface area contributed by atoms with Gasteiger partial charge >= 0.3 is 5.97 Å². The van der Waals surface area contributed by atoms with Crippen molar-refractivity contribution in [3.8, 4) is 22.3 Å². The van der Waals surface area contributed by atoms with Crippen molar-refractivity contribution in [1.82, 2.24) is 4.90 Å². The van der Waals surface area contributed by atoms with Crippen LogP contribution in [0.1, 0.15) is 90.2 Å². The molecule has 46 heavy (non-hydrogen) atoms. The summed E-state index contributed by atoms with van der Waals surface area (Å²) in [5.41, 5.74) is 9.53. The molecule has 0 saturated heterocycles. The quantitative estimate of drug-likeness (QED) is 0.0960. The Balaban J connectivity index is 1.29. The molecule has 4 aromatic rings. The molecule has 6 heteroatoms. The predicted molar refractivity (Wildman–Crippen MR) is 186 cm³/mol. The number of anilines is 1. The van der Waals surface area contributed by atoms with E-state index in [1.54, 1.807) is 24.3 Å². The smallest absolute Gasteiger partial charge is 0.338 e. The molecule has 0 aliphatic carbocycles. The van der Waals surface area contributed by atoms with Gasteiger partial charge in [-0.05, 0) is 108 Å². The van der Waals surface area contributed by atoms with Crippen LogP contribution in [0, 0.1) is 0 Å². The van der Waals surface area contributed by atoms with Crippen molar-refractivity contribution in [3.63, 3.8) is 0 Å². The summed E-state index contributed by atoms with van der Waals surface area (Å²) < 4.78 is 5.55. The predicted octanol–water partition coefficient (Wildman–Crippen LogP) is 8.57. The third kappa shape index (κ3) is 6.62. The highest BCUT2D eigenvalue weighted by Gasteiger charge is 2.34. The monoisotopic (exact) mass is 616 g/mol. The molecule has 0 bridgehead atoms. The van der Waals surface area contributed by atoms with E-state index in [9.17, 15) is 14.4 Å². The fourth-order valence-electron chi connectivity index (χ4n) is 6.23. The lowest BCUT2D eigenvalue weighted by molar-refractivity contribution is 0.0482. The fraction of sp³-hybridized carbons (Fsp3) is 0.325. The highest BCUT2D eigenvalue weighted by Crippen LogP contribution is 2.37. The number of esters is 1. The number of carbonyl (C=O) groups is 3. The Morgan fingerprint density at radius 1 is 0.739 bits per heavy atom. The number of benzene rings is 4. The molecule has 6 nitrogen and oxygen atoms in total. The maximum atomic E-state index is 13.0. The summed E-state index contributed by atoms with van der Waals surface area (Å²) in [4.78, 5) is 41.8. The Morgan fingerprint density at radius 3 is 2.02 bits per heavy atom. The molecule has 1 aliphatic rings. The Labute approximate surface area is 273 Å². The molecule has 0 atom stereocenters. The molecule has 1 heterocycles. The number of hydrogen-bond acceptors (Lipinski definition) is 5. The molecule has 238 valence electrons. The van der Waals surface area contributed by atoms with Gasteiger partial charge in [-0.15, -0.1) is 0 Å². The van der Waals surface area contributed by atoms with Crippen LogP contribution in [0.25, 0.3) is 22.3 Å². The molecular weight excluding hydrogens is 572 g/mol. The van der Waals surface area contributed by atoms with Gasteiger partial charge in [-0.2, -0.15) is 0 Å². The lowest BCUT2D eigenvalue weighted by Gasteiger charge is -2.30. The Bertz CT molecular complexity index is 1730. The zero-order chi connectivity index (χ0) is 33.0.